The van der Waals surface area contributed by atoms with Crippen LogP contribution in [0.2, 0.25) is 0 Å². The van der Waals surface area contributed by atoms with Crippen molar-refractivity contribution in [2.24, 2.45) is 0 Å². The molecule has 0 saturated heterocycles. The Hall–Kier alpha value is -2.11. The summed E-state index contributed by atoms with van der Waals surface area (Å²) in [7, 11) is 0. The SMILES string of the molecule is O=C(O)C(=O)NC(=O)C1=CC=CNC1. The minimum atomic E-state index is -1.68. The second kappa shape index (κ2) is 4.22. The van der Waals surface area contributed by atoms with Crippen molar-refractivity contribution in [3.8, 4) is 0 Å². The lowest BCUT2D eigenvalue weighted by Gasteiger charge is -2.08. The Balaban J connectivity index is 2.58. The van der Waals surface area contributed by atoms with Crippen molar-refractivity contribution in [3.05, 3.63) is 23.9 Å². The molecule has 0 saturated carbocycles. The number of carbonyl (C=O) groups excluding carboxylic acids is 2. The van der Waals surface area contributed by atoms with Crippen molar-refractivity contribution < 1.29 is 19.5 Å². The van der Waals surface area contributed by atoms with Gasteiger partial charge in [-0.3, -0.25) is 14.9 Å². The normalized spacial score (nSPS) is 13.9. The zero-order valence-corrected chi connectivity index (χ0v) is 7.11. The van der Waals surface area contributed by atoms with Crippen molar-refractivity contribution in [3.63, 3.8) is 0 Å². The van der Waals surface area contributed by atoms with Crippen LogP contribution in [0.25, 0.3) is 0 Å². The highest BCUT2D eigenvalue weighted by Crippen LogP contribution is 1.97. The summed E-state index contributed by atoms with van der Waals surface area (Å²) in [5, 5.41) is 12.7. The van der Waals surface area contributed by atoms with E-state index in [9.17, 15) is 14.4 Å². The van der Waals surface area contributed by atoms with Gasteiger partial charge in [-0.25, -0.2) is 4.79 Å². The van der Waals surface area contributed by atoms with E-state index in [1.807, 2.05) is 0 Å². The zero-order chi connectivity index (χ0) is 10.6. The van der Waals surface area contributed by atoms with E-state index in [0.717, 1.165) is 0 Å². The van der Waals surface area contributed by atoms with Crippen molar-refractivity contribution in [1.82, 2.24) is 10.6 Å². The summed E-state index contributed by atoms with van der Waals surface area (Å²) >= 11 is 0. The van der Waals surface area contributed by atoms with E-state index in [1.54, 1.807) is 17.6 Å². The van der Waals surface area contributed by atoms with Gasteiger partial charge in [0.25, 0.3) is 5.91 Å². The first-order valence-corrected chi connectivity index (χ1v) is 3.79. The summed E-state index contributed by atoms with van der Waals surface area (Å²) in [6, 6.07) is 0. The Morgan fingerprint density at radius 3 is 2.64 bits per heavy atom. The molecule has 2 amide bonds. The molecule has 0 atom stereocenters. The molecule has 0 fully saturated rings. The van der Waals surface area contributed by atoms with Crippen LogP contribution in [0.3, 0.4) is 0 Å². The fourth-order valence-electron chi connectivity index (χ4n) is 0.853. The Morgan fingerprint density at radius 2 is 2.14 bits per heavy atom. The van der Waals surface area contributed by atoms with Gasteiger partial charge >= 0.3 is 11.9 Å². The van der Waals surface area contributed by atoms with Crippen molar-refractivity contribution in [2.45, 2.75) is 0 Å². The number of rotatable bonds is 1. The van der Waals surface area contributed by atoms with Gasteiger partial charge in [-0.15, -0.1) is 0 Å². The molecular formula is C8H8N2O4. The fraction of sp³-hybridized carbons (Fsp3) is 0.125. The second-order valence-electron chi connectivity index (χ2n) is 2.52. The molecule has 6 heteroatoms. The number of allylic oxidation sites excluding steroid dienone is 2. The smallest absolute Gasteiger partial charge is 0.394 e. The van der Waals surface area contributed by atoms with Crippen LogP contribution < -0.4 is 10.6 Å². The van der Waals surface area contributed by atoms with E-state index in [-0.39, 0.29) is 6.54 Å². The molecule has 74 valence electrons. The van der Waals surface area contributed by atoms with E-state index in [1.165, 1.54) is 6.08 Å². The minimum Gasteiger partial charge on any atom is -0.474 e. The van der Waals surface area contributed by atoms with Crippen LogP contribution in [0.15, 0.2) is 23.9 Å². The average molecular weight is 196 g/mol. The van der Waals surface area contributed by atoms with E-state index in [2.05, 4.69) is 5.32 Å². The zero-order valence-electron chi connectivity index (χ0n) is 7.11. The number of nitrogens with one attached hydrogen (secondary N) is 2. The van der Waals surface area contributed by atoms with E-state index < -0.39 is 17.8 Å². The van der Waals surface area contributed by atoms with Gasteiger partial charge in [-0.2, -0.15) is 0 Å². The molecule has 3 N–H and O–H groups in total. The molecule has 0 aromatic rings. The summed E-state index contributed by atoms with van der Waals surface area (Å²) in [5.74, 6) is -3.71. The van der Waals surface area contributed by atoms with Crippen LogP contribution in [0.1, 0.15) is 0 Å². The molecular weight excluding hydrogens is 188 g/mol. The lowest BCUT2D eigenvalue weighted by molar-refractivity contribution is -0.151. The van der Waals surface area contributed by atoms with Gasteiger partial charge in [0.2, 0.25) is 0 Å². The maximum Gasteiger partial charge on any atom is 0.394 e. The second-order valence-corrected chi connectivity index (χ2v) is 2.52. The van der Waals surface area contributed by atoms with Crippen LogP contribution in [0, 0.1) is 0 Å². The summed E-state index contributed by atoms with van der Waals surface area (Å²) < 4.78 is 0. The number of imide groups is 1. The number of aliphatic carboxylic acids is 1. The number of hydrogen-bond donors (Lipinski definition) is 3. The first kappa shape index (κ1) is 9.97. The first-order valence-electron chi connectivity index (χ1n) is 3.79. The standard InChI is InChI=1S/C8H8N2O4/c11-6(10-7(12)8(13)14)5-2-1-3-9-4-5/h1-3,9H,4H2,(H,13,14)(H,10,11,12). The Bertz CT molecular complexity index is 343. The number of amides is 2. The van der Waals surface area contributed by atoms with Crippen LogP contribution in [0.4, 0.5) is 0 Å². The van der Waals surface area contributed by atoms with Gasteiger partial charge in [-0.1, -0.05) is 6.08 Å². The molecule has 6 nitrogen and oxygen atoms in total. The topological polar surface area (TPSA) is 95.5 Å². The van der Waals surface area contributed by atoms with Gasteiger partial charge in [-0.05, 0) is 12.3 Å². The molecule has 0 unspecified atom stereocenters. The highest BCUT2D eigenvalue weighted by Gasteiger charge is 2.17. The molecule has 1 aliphatic rings. The average Bonchev–Trinajstić information content (AvgIpc) is 2.19. The highest BCUT2D eigenvalue weighted by molar-refractivity contribution is 6.35. The Kier molecular flexibility index (Phi) is 3.01. The summed E-state index contributed by atoms with van der Waals surface area (Å²) in [4.78, 5) is 31.9. The summed E-state index contributed by atoms with van der Waals surface area (Å²) in [5.41, 5.74) is 0.308. The summed E-state index contributed by atoms with van der Waals surface area (Å²) in [6.07, 6.45) is 4.72. The number of carbonyl (C=O) groups is 3. The van der Waals surface area contributed by atoms with Crippen molar-refractivity contribution >= 4 is 17.8 Å². The largest absolute Gasteiger partial charge is 0.474 e. The van der Waals surface area contributed by atoms with Crippen molar-refractivity contribution in [1.29, 1.82) is 0 Å². The van der Waals surface area contributed by atoms with Crippen LogP contribution >= 0.6 is 0 Å². The molecule has 0 spiro atoms. The molecule has 0 aromatic carbocycles. The van der Waals surface area contributed by atoms with Gasteiger partial charge in [0, 0.05) is 12.1 Å². The third-order valence-electron chi connectivity index (χ3n) is 1.52. The van der Waals surface area contributed by atoms with Crippen LogP contribution in [0.5, 0.6) is 0 Å². The maximum atomic E-state index is 11.2. The third-order valence-corrected chi connectivity index (χ3v) is 1.52. The van der Waals surface area contributed by atoms with E-state index in [4.69, 9.17) is 5.11 Å². The van der Waals surface area contributed by atoms with Crippen LogP contribution in [-0.2, 0) is 14.4 Å². The lowest BCUT2D eigenvalue weighted by atomic mass is 10.2. The highest BCUT2D eigenvalue weighted by atomic mass is 16.4. The third kappa shape index (κ3) is 2.44. The van der Waals surface area contributed by atoms with E-state index in [0.29, 0.717) is 5.57 Å². The number of carboxylic acids is 1. The van der Waals surface area contributed by atoms with Gasteiger partial charge < -0.3 is 10.4 Å². The number of hydrogen-bond acceptors (Lipinski definition) is 4. The van der Waals surface area contributed by atoms with E-state index >= 15 is 0 Å². The Morgan fingerprint density at radius 1 is 1.43 bits per heavy atom. The molecule has 14 heavy (non-hydrogen) atoms. The van der Waals surface area contributed by atoms with Crippen molar-refractivity contribution in [2.75, 3.05) is 6.54 Å². The molecule has 0 aliphatic carbocycles. The first-order chi connectivity index (χ1) is 6.61. The maximum absolute atomic E-state index is 11.2. The van der Waals surface area contributed by atoms with Gasteiger partial charge in [0.15, 0.2) is 0 Å². The molecule has 0 radical (unpaired) electrons. The number of carboxylic acid groups (broad SMARTS) is 1. The predicted molar refractivity (Wildman–Crippen MR) is 46.0 cm³/mol. The van der Waals surface area contributed by atoms with Gasteiger partial charge in [0.05, 0.1) is 0 Å². The molecule has 1 rings (SSSR count). The minimum absolute atomic E-state index is 0.273. The monoisotopic (exact) mass is 196 g/mol. The summed E-state index contributed by atoms with van der Waals surface area (Å²) in [6.45, 7) is 0.273. The Labute approximate surface area is 79.3 Å². The predicted octanol–water partition coefficient (Wildman–Crippen LogP) is -1.24. The quantitative estimate of drug-likeness (QED) is 0.456. The fourth-order valence-corrected chi connectivity index (χ4v) is 0.853. The number of dihydropyridines is 1. The van der Waals surface area contributed by atoms with Gasteiger partial charge in [0.1, 0.15) is 0 Å². The molecule has 1 aliphatic heterocycles. The lowest BCUT2D eigenvalue weighted by Crippen LogP contribution is -2.38. The molecule has 0 bridgehead atoms. The molecule has 0 aromatic heterocycles. The molecule has 1 heterocycles. The van der Waals surface area contributed by atoms with Crippen LogP contribution in [-0.4, -0.2) is 29.4 Å².